The first-order valence-electron chi connectivity index (χ1n) is 3.23. The highest BCUT2D eigenvalue weighted by molar-refractivity contribution is 8.13. The fourth-order valence-electron chi connectivity index (χ4n) is 0.692. The minimum Gasteiger partial charge on any atom is -1.00 e. The van der Waals surface area contributed by atoms with Crippen LogP contribution < -0.4 is 22.7 Å². The maximum Gasteiger partial charge on any atom is 0.151 e. The average molecular weight is 250 g/mol. The Hall–Kier alpha value is -0.490. The fraction of sp³-hybridized carbons (Fsp3) is 0.333. The number of H-pyrrole nitrogens is 1. The third-order valence-electron chi connectivity index (χ3n) is 1.18. The van der Waals surface area contributed by atoms with Gasteiger partial charge >= 0.3 is 0 Å². The molecule has 68 valence electrons. The van der Waals surface area contributed by atoms with Gasteiger partial charge < -0.3 is 27.7 Å². The predicted octanol–water partition coefficient (Wildman–Crippen LogP) is -2.42. The van der Waals surface area contributed by atoms with Gasteiger partial charge in [0.15, 0.2) is 5.17 Å². The largest absolute Gasteiger partial charge is 1.00 e. The molecule has 0 aromatic carbocycles. The van der Waals surface area contributed by atoms with Gasteiger partial charge in [-0.3, -0.25) is 5.41 Å². The molecule has 12 heavy (non-hydrogen) atoms. The van der Waals surface area contributed by atoms with Crippen molar-refractivity contribution >= 4 is 16.9 Å². The molecule has 4 nitrogen and oxygen atoms in total. The predicted molar refractivity (Wildman–Crippen MR) is 46.7 cm³/mol. The first kappa shape index (κ1) is 11.5. The molecule has 0 aliphatic carbocycles. The third kappa shape index (κ3) is 4.40. The highest BCUT2D eigenvalue weighted by Gasteiger charge is 1.94. The van der Waals surface area contributed by atoms with Gasteiger partial charge in [0.1, 0.15) is 0 Å². The SMILES string of the molecule is N=C(N)SCCc1cnc[nH]1.[Br-]. The van der Waals surface area contributed by atoms with Gasteiger partial charge in [-0.1, -0.05) is 11.8 Å². The lowest BCUT2D eigenvalue weighted by Crippen LogP contribution is -3.00. The molecule has 0 aliphatic rings. The Morgan fingerprint density at radius 3 is 3.00 bits per heavy atom. The number of nitrogens with zero attached hydrogens (tertiary/aromatic N) is 1. The number of halogens is 1. The summed E-state index contributed by atoms with van der Waals surface area (Å²) in [6.07, 6.45) is 4.30. The molecule has 0 aliphatic heterocycles. The highest BCUT2D eigenvalue weighted by atomic mass is 79.9. The normalized spacial score (nSPS) is 9.00. The molecule has 6 heteroatoms. The van der Waals surface area contributed by atoms with E-state index in [1.807, 2.05) is 0 Å². The monoisotopic (exact) mass is 249 g/mol. The van der Waals surface area contributed by atoms with Crippen molar-refractivity contribution in [2.24, 2.45) is 5.73 Å². The summed E-state index contributed by atoms with van der Waals surface area (Å²) in [6, 6.07) is 0. The summed E-state index contributed by atoms with van der Waals surface area (Å²) >= 11 is 1.34. The maximum atomic E-state index is 6.94. The van der Waals surface area contributed by atoms with Crippen LogP contribution in [0.2, 0.25) is 0 Å². The summed E-state index contributed by atoms with van der Waals surface area (Å²) in [5.41, 5.74) is 6.23. The van der Waals surface area contributed by atoms with Crippen LogP contribution in [0.5, 0.6) is 0 Å². The molecule has 0 saturated heterocycles. The molecule has 0 saturated carbocycles. The number of hydrogen-bond donors (Lipinski definition) is 3. The Morgan fingerprint density at radius 1 is 1.75 bits per heavy atom. The average Bonchev–Trinajstić information content (AvgIpc) is 2.39. The minimum atomic E-state index is 0. The van der Waals surface area contributed by atoms with Crippen LogP contribution in [-0.2, 0) is 6.42 Å². The van der Waals surface area contributed by atoms with E-state index in [9.17, 15) is 0 Å². The van der Waals surface area contributed by atoms with Gasteiger partial charge in [0.2, 0.25) is 0 Å². The van der Waals surface area contributed by atoms with Crippen molar-refractivity contribution in [1.29, 1.82) is 5.41 Å². The standard InChI is InChI=1S/C6H10N4S.BrH/c7-6(8)11-2-1-5-3-9-4-10-5;/h3-4H,1-2H2,(H3,7,8)(H,9,10);1H/p-1. The Balaban J connectivity index is 0.00000121. The number of rotatable bonds is 3. The van der Waals surface area contributed by atoms with Crippen molar-refractivity contribution in [2.45, 2.75) is 6.42 Å². The summed E-state index contributed by atoms with van der Waals surface area (Å²) in [5, 5.41) is 7.11. The van der Waals surface area contributed by atoms with E-state index in [-0.39, 0.29) is 22.1 Å². The molecule has 0 radical (unpaired) electrons. The molecule has 1 rings (SSSR count). The number of aryl methyl sites for hydroxylation is 1. The smallest absolute Gasteiger partial charge is 0.151 e. The second-order valence-electron chi connectivity index (χ2n) is 2.04. The molecular formula is C6H10BrN4S-. The molecule has 4 N–H and O–H groups in total. The van der Waals surface area contributed by atoms with E-state index in [1.54, 1.807) is 12.5 Å². The van der Waals surface area contributed by atoms with Gasteiger partial charge in [0.05, 0.1) is 6.33 Å². The van der Waals surface area contributed by atoms with Crippen molar-refractivity contribution in [3.05, 3.63) is 18.2 Å². The van der Waals surface area contributed by atoms with Crippen LogP contribution in [-0.4, -0.2) is 20.9 Å². The zero-order chi connectivity index (χ0) is 8.10. The van der Waals surface area contributed by atoms with E-state index in [0.717, 1.165) is 17.9 Å². The number of aromatic nitrogens is 2. The lowest BCUT2D eigenvalue weighted by atomic mass is 10.4. The zero-order valence-corrected chi connectivity index (χ0v) is 8.78. The summed E-state index contributed by atoms with van der Waals surface area (Å²) in [6.45, 7) is 0. The number of hydrogen-bond acceptors (Lipinski definition) is 3. The van der Waals surface area contributed by atoms with Crippen LogP contribution in [0.3, 0.4) is 0 Å². The number of amidine groups is 1. The van der Waals surface area contributed by atoms with E-state index in [0.29, 0.717) is 0 Å². The van der Waals surface area contributed by atoms with Crippen LogP contribution >= 0.6 is 11.8 Å². The van der Waals surface area contributed by atoms with Crippen molar-refractivity contribution < 1.29 is 17.0 Å². The molecule has 1 aromatic heterocycles. The number of nitrogens with one attached hydrogen (secondary N) is 2. The molecular weight excluding hydrogens is 240 g/mol. The van der Waals surface area contributed by atoms with Gasteiger partial charge in [-0.05, 0) is 6.42 Å². The number of nitrogens with two attached hydrogens (primary N) is 1. The number of aromatic amines is 1. The zero-order valence-electron chi connectivity index (χ0n) is 6.38. The third-order valence-corrected chi connectivity index (χ3v) is 1.90. The van der Waals surface area contributed by atoms with E-state index in [2.05, 4.69) is 9.97 Å². The van der Waals surface area contributed by atoms with Crippen molar-refractivity contribution in [1.82, 2.24) is 9.97 Å². The van der Waals surface area contributed by atoms with Gasteiger partial charge in [0, 0.05) is 17.6 Å². The topological polar surface area (TPSA) is 78.6 Å². The van der Waals surface area contributed by atoms with Crippen molar-refractivity contribution in [3.8, 4) is 0 Å². The fourth-order valence-corrected chi connectivity index (χ4v) is 1.23. The quantitative estimate of drug-likeness (QED) is 0.413. The summed E-state index contributed by atoms with van der Waals surface area (Å²) in [5.74, 6) is 0.831. The van der Waals surface area contributed by atoms with Crippen LogP contribution in [0, 0.1) is 5.41 Å². The van der Waals surface area contributed by atoms with Gasteiger partial charge in [-0.2, -0.15) is 0 Å². The van der Waals surface area contributed by atoms with Gasteiger partial charge in [-0.15, -0.1) is 0 Å². The lowest BCUT2D eigenvalue weighted by molar-refractivity contribution is -0.00000273. The summed E-state index contributed by atoms with van der Waals surface area (Å²) in [4.78, 5) is 6.85. The first-order chi connectivity index (χ1) is 5.29. The molecule has 0 spiro atoms. The highest BCUT2D eigenvalue weighted by Crippen LogP contribution is 2.02. The van der Waals surface area contributed by atoms with Gasteiger partial charge in [0.25, 0.3) is 0 Å². The first-order valence-corrected chi connectivity index (χ1v) is 4.21. The second-order valence-corrected chi connectivity index (χ2v) is 3.18. The van der Waals surface area contributed by atoms with E-state index < -0.39 is 0 Å². The molecule has 0 bridgehead atoms. The lowest BCUT2D eigenvalue weighted by Gasteiger charge is -1.95. The molecule has 0 atom stereocenters. The molecule has 0 unspecified atom stereocenters. The molecule has 0 amide bonds. The number of thioether (sulfide) groups is 1. The van der Waals surface area contributed by atoms with Crippen LogP contribution in [0.25, 0.3) is 0 Å². The molecule has 0 fully saturated rings. The van der Waals surface area contributed by atoms with Crippen LogP contribution in [0.4, 0.5) is 0 Å². The Kier molecular flexibility index (Phi) is 5.83. The summed E-state index contributed by atoms with van der Waals surface area (Å²) in [7, 11) is 0. The van der Waals surface area contributed by atoms with E-state index in [4.69, 9.17) is 11.1 Å². The van der Waals surface area contributed by atoms with Crippen molar-refractivity contribution in [3.63, 3.8) is 0 Å². The van der Waals surface area contributed by atoms with Crippen LogP contribution in [0.15, 0.2) is 12.5 Å². The Morgan fingerprint density at radius 2 is 2.50 bits per heavy atom. The maximum absolute atomic E-state index is 6.94. The van der Waals surface area contributed by atoms with E-state index >= 15 is 0 Å². The Bertz CT molecular complexity index is 223. The molecule has 1 aromatic rings. The minimum absolute atomic E-state index is 0. The van der Waals surface area contributed by atoms with Crippen LogP contribution in [0.1, 0.15) is 5.69 Å². The van der Waals surface area contributed by atoms with Crippen molar-refractivity contribution in [2.75, 3.05) is 5.75 Å². The Labute approximate surface area is 85.6 Å². The summed E-state index contributed by atoms with van der Waals surface area (Å²) < 4.78 is 0. The number of imidazole rings is 1. The van der Waals surface area contributed by atoms with Gasteiger partial charge in [-0.25, -0.2) is 4.98 Å². The van der Waals surface area contributed by atoms with E-state index in [1.165, 1.54) is 11.8 Å². The molecule has 1 heterocycles. The second kappa shape index (κ2) is 6.07.